The van der Waals surface area contributed by atoms with Gasteiger partial charge in [-0.3, -0.25) is 9.59 Å². The van der Waals surface area contributed by atoms with E-state index in [-0.39, 0.29) is 12.1 Å². The van der Waals surface area contributed by atoms with Gasteiger partial charge in [-0.15, -0.1) is 0 Å². The van der Waals surface area contributed by atoms with Crippen LogP contribution in [0.1, 0.15) is 6.92 Å². The Balaban J connectivity index is 2.25. The lowest BCUT2D eigenvalue weighted by Gasteiger charge is -2.10. The van der Waals surface area contributed by atoms with Crippen LogP contribution in [0.2, 0.25) is 0 Å². The summed E-state index contributed by atoms with van der Waals surface area (Å²) in [7, 11) is 0. The van der Waals surface area contributed by atoms with E-state index in [9.17, 15) is 9.59 Å². The number of hydrogen-bond donors (Lipinski definition) is 3. The van der Waals surface area contributed by atoms with Crippen LogP contribution in [0.15, 0.2) is 35.1 Å². The van der Waals surface area contributed by atoms with Crippen LogP contribution in [-0.4, -0.2) is 22.6 Å². The van der Waals surface area contributed by atoms with E-state index in [0.29, 0.717) is 11.2 Å². The average Bonchev–Trinajstić information content (AvgIpc) is 2.36. The number of rotatable bonds is 4. The second-order valence-electron chi connectivity index (χ2n) is 4.22. The highest BCUT2D eigenvalue weighted by Gasteiger charge is 2.10. The molecule has 0 radical (unpaired) electrons. The second kappa shape index (κ2) is 4.91. The zero-order valence-corrected chi connectivity index (χ0v) is 9.93. The van der Waals surface area contributed by atoms with Gasteiger partial charge in [-0.05, 0) is 17.5 Å². The van der Waals surface area contributed by atoms with Gasteiger partial charge in [0.1, 0.15) is 5.82 Å². The Morgan fingerprint density at radius 1 is 1.44 bits per heavy atom. The third kappa shape index (κ3) is 2.51. The number of pyridine rings is 1. The van der Waals surface area contributed by atoms with E-state index >= 15 is 0 Å². The minimum atomic E-state index is -0.870. The van der Waals surface area contributed by atoms with Crippen LogP contribution in [0, 0.1) is 5.92 Å². The third-order valence-electron chi connectivity index (χ3n) is 2.77. The molecule has 0 aliphatic rings. The molecule has 1 unspecified atom stereocenters. The van der Waals surface area contributed by atoms with Crippen LogP contribution in [0.25, 0.3) is 10.8 Å². The molecule has 0 spiro atoms. The molecule has 1 aromatic carbocycles. The Labute approximate surface area is 103 Å². The predicted octanol–water partition coefficient (Wildman–Crippen LogP) is 1.66. The van der Waals surface area contributed by atoms with Gasteiger partial charge in [-0.2, -0.15) is 0 Å². The average molecular weight is 246 g/mol. The molecular formula is C13H14N2O3. The van der Waals surface area contributed by atoms with Crippen LogP contribution >= 0.6 is 0 Å². The standard InChI is InChI=1S/C13H14N2O3/c1-8(13(17)18)7-14-11-6-9-4-2-3-5-10(9)12(16)15-11/h2-6,8H,7H2,1H3,(H,17,18)(H2,14,15,16). The number of aromatic nitrogens is 1. The van der Waals surface area contributed by atoms with Crippen molar-refractivity contribution in [2.45, 2.75) is 6.92 Å². The van der Waals surface area contributed by atoms with Crippen LogP contribution in [-0.2, 0) is 4.79 Å². The molecule has 1 heterocycles. The summed E-state index contributed by atoms with van der Waals surface area (Å²) in [5.74, 6) is -0.850. The molecule has 2 aromatic rings. The lowest BCUT2D eigenvalue weighted by Crippen LogP contribution is -2.21. The Bertz CT molecular complexity index is 633. The van der Waals surface area contributed by atoms with Gasteiger partial charge in [0.25, 0.3) is 5.56 Å². The van der Waals surface area contributed by atoms with Gasteiger partial charge in [-0.25, -0.2) is 0 Å². The first-order chi connectivity index (χ1) is 8.58. The molecule has 0 aliphatic heterocycles. The van der Waals surface area contributed by atoms with E-state index in [2.05, 4.69) is 10.3 Å². The number of H-pyrrole nitrogens is 1. The van der Waals surface area contributed by atoms with Crippen molar-refractivity contribution >= 4 is 22.6 Å². The summed E-state index contributed by atoms with van der Waals surface area (Å²) in [6.07, 6.45) is 0. The predicted molar refractivity (Wildman–Crippen MR) is 69.9 cm³/mol. The number of aromatic amines is 1. The Hall–Kier alpha value is -2.30. The Kier molecular flexibility index (Phi) is 3.32. The molecule has 0 saturated heterocycles. The van der Waals surface area contributed by atoms with E-state index < -0.39 is 11.9 Å². The molecule has 5 nitrogen and oxygen atoms in total. The van der Waals surface area contributed by atoms with Gasteiger partial charge in [0.2, 0.25) is 0 Å². The smallest absolute Gasteiger partial charge is 0.308 e. The molecule has 1 aromatic heterocycles. The molecule has 0 aliphatic carbocycles. The number of anilines is 1. The first-order valence-electron chi connectivity index (χ1n) is 5.66. The third-order valence-corrected chi connectivity index (χ3v) is 2.77. The second-order valence-corrected chi connectivity index (χ2v) is 4.22. The Morgan fingerprint density at radius 3 is 2.89 bits per heavy atom. The molecule has 0 fully saturated rings. The van der Waals surface area contributed by atoms with Crippen molar-refractivity contribution in [3.8, 4) is 0 Å². The van der Waals surface area contributed by atoms with E-state index in [1.165, 1.54) is 0 Å². The number of fused-ring (bicyclic) bond motifs is 1. The van der Waals surface area contributed by atoms with Gasteiger partial charge >= 0.3 is 5.97 Å². The van der Waals surface area contributed by atoms with Crippen molar-refractivity contribution in [3.05, 3.63) is 40.7 Å². The summed E-state index contributed by atoms with van der Waals surface area (Å²) < 4.78 is 0. The summed E-state index contributed by atoms with van der Waals surface area (Å²) in [5, 5.41) is 13.1. The first-order valence-corrected chi connectivity index (χ1v) is 5.66. The monoisotopic (exact) mass is 246 g/mol. The number of carboxylic acids is 1. The minimum Gasteiger partial charge on any atom is -0.481 e. The van der Waals surface area contributed by atoms with Crippen molar-refractivity contribution in [2.75, 3.05) is 11.9 Å². The molecule has 0 saturated carbocycles. The number of hydrogen-bond acceptors (Lipinski definition) is 3. The molecular weight excluding hydrogens is 232 g/mol. The van der Waals surface area contributed by atoms with Crippen molar-refractivity contribution in [2.24, 2.45) is 5.92 Å². The van der Waals surface area contributed by atoms with Gasteiger partial charge in [0, 0.05) is 11.9 Å². The summed E-state index contributed by atoms with van der Waals surface area (Å²) in [5.41, 5.74) is -0.182. The molecule has 0 bridgehead atoms. The maximum Gasteiger partial charge on any atom is 0.308 e. The molecule has 1 atom stereocenters. The topological polar surface area (TPSA) is 82.2 Å². The van der Waals surface area contributed by atoms with Crippen LogP contribution in [0.4, 0.5) is 5.82 Å². The SMILES string of the molecule is CC(CNc1cc2ccccc2c(=O)[nH]1)C(=O)O. The van der Waals surface area contributed by atoms with Gasteiger partial charge < -0.3 is 15.4 Å². The lowest BCUT2D eigenvalue weighted by atomic mass is 10.1. The van der Waals surface area contributed by atoms with E-state index in [4.69, 9.17) is 5.11 Å². The van der Waals surface area contributed by atoms with Crippen molar-refractivity contribution in [1.82, 2.24) is 4.98 Å². The van der Waals surface area contributed by atoms with Crippen molar-refractivity contribution < 1.29 is 9.90 Å². The van der Waals surface area contributed by atoms with Crippen LogP contribution in [0.5, 0.6) is 0 Å². The van der Waals surface area contributed by atoms with E-state index in [1.807, 2.05) is 12.1 Å². The number of carboxylic acid groups (broad SMARTS) is 1. The summed E-state index contributed by atoms with van der Waals surface area (Å²) in [6, 6.07) is 9.04. The molecule has 94 valence electrons. The summed E-state index contributed by atoms with van der Waals surface area (Å²) in [4.78, 5) is 25.1. The quantitative estimate of drug-likeness (QED) is 0.766. The first kappa shape index (κ1) is 12.2. The summed E-state index contributed by atoms with van der Waals surface area (Å²) in [6.45, 7) is 1.87. The fourth-order valence-electron chi connectivity index (χ4n) is 1.66. The van der Waals surface area contributed by atoms with Gasteiger partial charge in [0.15, 0.2) is 0 Å². The van der Waals surface area contributed by atoms with Crippen LogP contribution in [0.3, 0.4) is 0 Å². The molecule has 2 rings (SSSR count). The number of aliphatic carboxylic acids is 1. The maximum atomic E-state index is 11.8. The van der Waals surface area contributed by atoms with Gasteiger partial charge in [-0.1, -0.05) is 25.1 Å². The minimum absolute atomic E-state index is 0.182. The van der Waals surface area contributed by atoms with E-state index in [0.717, 1.165) is 5.39 Å². The molecule has 3 N–H and O–H groups in total. The zero-order chi connectivity index (χ0) is 13.1. The fraction of sp³-hybridized carbons (Fsp3) is 0.231. The summed E-state index contributed by atoms with van der Waals surface area (Å²) >= 11 is 0. The largest absolute Gasteiger partial charge is 0.481 e. The zero-order valence-electron chi connectivity index (χ0n) is 9.93. The molecule has 0 amide bonds. The lowest BCUT2D eigenvalue weighted by molar-refractivity contribution is -0.140. The highest BCUT2D eigenvalue weighted by atomic mass is 16.4. The normalized spacial score (nSPS) is 12.3. The fourth-order valence-corrected chi connectivity index (χ4v) is 1.66. The van der Waals surface area contributed by atoms with Crippen molar-refractivity contribution in [1.29, 1.82) is 0 Å². The number of benzene rings is 1. The maximum absolute atomic E-state index is 11.8. The molecule has 18 heavy (non-hydrogen) atoms. The van der Waals surface area contributed by atoms with E-state index in [1.54, 1.807) is 25.1 Å². The molecule has 5 heteroatoms. The highest BCUT2D eigenvalue weighted by Crippen LogP contribution is 2.12. The van der Waals surface area contributed by atoms with Crippen molar-refractivity contribution in [3.63, 3.8) is 0 Å². The van der Waals surface area contributed by atoms with Crippen LogP contribution < -0.4 is 10.9 Å². The highest BCUT2D eigenvalue weighted by molar-refractivity contribution is 5.83. The Morgan fingerprint density at radius 2 is 2.17 bits per heavy atom. The van der Waals surface area contributed by atoms with Gasteiger partial charge in [0.05, 0.1) is 5.92 Å². The number of nitrogens with one attached hydrogen (secondary N) is 2. The number of carbonyl (C=O) groups is 1.